The van der Waals surface area contributed by atoms with Gasteiger partial charge in [0.05, 0.1) is 11.4 Å². The number of nitrogens with zero attached hydrogens (tertiary/aromatic N) is 5. The van der Waals surface area contributed by atoms with Crippen molar-refractivity contribution in [1.29, 1.82) is 0 Å². The predicted molar refractivity (Wildman–Crippen MR) is 197 cm³/mol. The fraction of sp³-hybridized carbons (Fsp3) is 0. The van der Waals surface area contributed by atoms with Crippen LogP contribution in [0.15, 0.2) is 165 Å². The van der Waals surface area contributed by atoms with Gasteiger partial charge in [0.2, 0.25) is 17.7 Å². The van der Waals surface area contributed by atoms with Gasteiger partial charge in [-0.25, -0.2) is 24.9 Å². The standard InChI is InChI=1S/C43H25N5O3/c1-4-10-37-32(7-1)46-41(49-37)29-19-13-26(14-20-29)35-25-36(27-15-21-30(22-16-27)42-47-33-8-2-5-11-38(33)50-42)45-40(44-35)28-17-23-31(24-18-28)43-48-34-9-3-6-12-39(34)51-43/h1-25H. The van der Waals surface area contributed by atoms with E-state index in [0.29, 0.717) is 23.5 Å². The number of oxazole rings is 3. The highest BCUT2D eigenvalue weighted by Crippen LogP contribution is 2.33. The molecule has 0 bridgehead atoms. The van der Waals surface area contributed by atoms with Crippen molar-refractivity contribution in [3.63, 3.8) is 0 Å². The van der Waals surface area contributed by atoms with Crippen molar-refractivity contribution >= 4 is 33.3 Å². The fourth-order valence-corrected chi connectivity index (χ4v) is 6.19. The molecule has 4 heterocycles. The Labute approximate surface area is 290 Å². The quantitative estimate of drug-likeness (QED) is 0.174. The van der Waals surface area contributed by atoms with Gasteiger partial charge in [-0.1, -0.05) is 72.8 Å². The monoisotopic (exact) mass is 659 g/mol. The van der Waals surface area contributed by atoms with E-state index in [9.17, 15) is 0 Å². The van der Waals surface area contributed by atoms with Crippen LogP contribution in [-0.2, 0) is 0 Å². The van der Waals surface area contributed by atoms with Gasteiger partial charge in [0.25, 0.3) is 0 Å². The van der Waals surface area contributed by atoms with Crippen molar-refractivity contribution < 1.29 is 13.3 Å². The third-order valence-corrected chi connectivity index (χ3v) is 8.85. The third kappa shape index (κ3) is 5.32. The third-order valence-electron chi connectivity index (χ3n) is 8.85. The molecule has 0 aliphatic rings. The molecule has 0 atom stereocenters. The first-order valence-electron chi connectivity index (χ1n) is 16.5. The van der Waals surface area contributed by atoms with Crippen molar-refractivity contribution in [3.05, 3.63) is 152 Å². The molecule has 0 aliphatic carbocycles. The van der Waals surface area contributed by atoms with E-state index >= 15 is 0 Å². The number of fused-ring (bicyclic) bond motifs is 3. The van der Waals surface area contributed by atoms with Crippen molar-refractivity contribution in [2.24, 2.45) is 0 Å². The van der Waals surface area contributed by atoms with Gasteiger partial charge in [-0.3, -0.25) is 0 Å². The zero-order valence-electron chi connectivity index (χ0n) is 26.9. The molecule has 0 fully saturated rings. The molecule has 6 aromatic carbocycles. The molecular weight excluding hydrogens is 635 g/mol. The molecule has 8 heteroatoms. The first kappa shape index (κ1) is 28.8. The van der Waals surface area contributed by atoms with Gasteiger partial charge in [0, 0.05) is 33.4 Å². The van der Waals surface area contributed by atoms with E-state index in [0.717, 1.165) is 78.1 Å². The summed E-state index contributed by atoms with van der Waals surface area (Å²) in [5.74, 6) is 2.31. The topological polar surface area (TPSA) is 104 Å². The molecule has 4 aromatic heterocycles. The van der Waals surface area contributed by atoms with Crippen molar-refractivity contribution in [2.45, 2.75) is 0 Å². The summed E-state index contributed by atoms with van der Waals surface area (Å²) in [6.45, 7) is 0. The molecule has 8 nitrogen and oxygen atoms in total. The van der Waals surface area contributed by atoms with E-state index in [1.165, 1.54) is 0 Å². The summed E-state index contributed by atoms with van der Waals surface area (Å²) >= 11 is 0. The molecule has 0 saturated heterocycles. The van der Waals surface area contributed by atoms with E-state index in [-0.39, 0.29) is 0 Å². The van der Waals surface area contributed by atoms with Gasteiger partial charge in [-0.15, -0.1) is 0 Å². The maximum Gasteiger partial charge on any atom is 0.227 e. The van der Waals surface area contributed by atoms with Crippen LogP contribution in [0.5, 0.6) is 0 Å². The molecule has 10 aromatic rings. The maximum absolute atomic E-state index is 6.01. The second-order valence-corrected chi connectivity index (χ2v) is 12.2. The molecule has 10 rings (SSSR count). The number of benzene rings is 6. The summed E-state index contributed by atoms with van der Waals surface area (Å²) in [5.41, 5.74) is 11.7. The van der Waals surface area contributed by atoms with Gasteiger partial charge >= 0.3 is 0 Å². The number of hydrogen-bond donors (Lipinski definition) is 0. The summed E-state index contributed by atoms with van der Waals surface area (Å²) in [6.07, 6.45) is 0. The molecule has 0 unspecified atom stereocenters. The molecule has 0 aliphatic heterocycles. The Kier molecular flexibility index (Phi) is 6.63. The lowest BCUT2D eigenvalue weighted by molar-refractivity contribution is 0.619. The van der Waals surface area contributed by atoms with Crippen LogP contribution in [0.2, 0.25) is 0 Å². The minimum absolute atomic E-state index is 0.566. The smallest absolute Gasteiger partial charge is 0.227 e. The van der Waals surface area contributed by atoms with Crippen LogP contribution in [0.1, 0.15) is 0 Å². The molecule has 0 spiro atoms. The van der Waals surface area contributed by atoms with Crippen LogP contribution >= 0.6 is 0 Å². The minimum atomic E-state index is 0.566. The van der Waals surface area contributed by atoms with Crippen LogP contribution in [0, 0.1) is 0 Å². The van der Waals surface area contributed by atoms with Gasteiger partial charge < -0.3 is 13.3 Å². The summed E-state index contributed by atoms with van der Waals surface area (Å²) < 4.78 is 18.0. The Morgan fingerprint density at radius 3 is 0.961 bits per heavy atom. The Balaban J connectivity index is 1.03. The SMILES string of the molecule is c1ccc2oc(-c3ccc(-c4cc(-c5ccc(-c6nc7ccccc7o6)cc5)nc(-c5ccc(-c6nc7ccccc7o6)cc5)n4)cc3)nc2c1. The summed E-state index contributed by atoms with van der Waals surface area (Å²) in [7, 11) is 0. The highest BCUT2D eigenvalue weighted by atomic mass is 16.4. The Bertz CT molecular complexity index is 2430. The van der Waals surface area contributed by atoms with Crippen LogP contribution in [-0.4, -0.2) is 24.9 Å². The average Bonchev–Trinajstić information content (AvgIpc) is 3.95. The largest absolute Gasteiger partial charge is 0.436 e. The molecule has 0 N–H and O–H groups in total. The second-order valence-electron chi connectivity index (χ2n) is 12.2. The molecule has 0 amide bonds. The highest BCUT2D eigenvalue weighted by Gasteiger charge is 2.15. The number of rotatable bonds is 6. The number of hydrogen-bond acceptors (Lipinski definition) is 8. The van der Waals surface area contributed by atoms with Gasteiger partial charge in [-0.2, -0.15) is 0 Å². The van der Waals surface area contributed by atoms with Gasteiger partial charge in [0.1, 0.15) is 16.6 Å². The van der Waals surface area contributed by atoms with E-state index in [2.05, 4.69) is 15.0 Å². The first-order valence-corrected chi connectivity index (χ1v) is 16.5. The Hall–Kier alpha value is -7.19. The van der Waals surface area contributed by atoms with Crippen LogP contribution in [0.4, 0.5) is 0 Å². The number of para-hydroxylation sites is 6. The molecule has 240 valence electrons. The zero-order valence-corrected chi connectivity index (χ0v) is 26.9. The molecule has 0 saturated carbocycles. The minimum Gasteiger partial charge on any atom is -0.436 e. The first-order chi connectivity index (χ1) is 25.2. The Morgan fingerprint density at radius 2 is 0.608 bits per heavy atom. The normalized spacial score (nSPS) is 11.5. The highest BCUT2D eigenvalue weighted by molar-refractivity contribution is 5.80. The van der Waals surface area contributed by atoms with Crippen LogP contribution < -0.4 is 0 Å². The van der Waals surface area contributed by atoms with E-state index in [4.69, 9.17) is 23.2 Å². The fourth-order valence-electron chi connectivity index (χ4n) is 6.19. The van der Waals surface area contributed by atoms with E-state index in [1.807, 2.05) is 152 Å². The van der Waals surface area contributed by atoms with Crippen molar-refractivity contribution in [2.75, 3.05) is 0 Å². The van der Waals surface area contributed by atoms with Crippen molar-refractivity contribution in [1.82, 2.24) is 24.9 Å². The lowest BCUT2D eigenvalue weighted by Crippen LogP contribution is -1.96. The zero-order chi connectivity index (χ0) is 33.7. The lowest BCUT2D eigenvalue weighted by atomic mass is 10.0. The summed E-state index contributed by atoms with van der Waals surface area (Å²) in [4.78, 5) is 24.1. The molecule has 0 radical (unpaired) electrons. The summed E-state index contributed by atoms with van der Waals surface area (Å²) in [6, 6.07) is 49.4. The molecule has 51 heavy (non-hydrogen) atoms. The van der Waals surface area contributed by atoms with E-state index < -0.39 is 0 Å². The van der Waals surface area contributed by atoms with Gasteiger partial charge in [-0.05, 0) is 78.9 Å². The summed E-state index contributed by atoms with van der Waals surface area (Å²) in [5, 5.41) is 0. The average molecular weight is 660 g/mol. The van der Waals surface area contributed by atoms with Crippen LogP contribution in [0.3, 0.4) is 0 Å². The second kappa shape index (κ2) is 11.7. The maximum atomic E-state index is 6.01. The number of aromatic nitrogens is 5. The van der Waals surface area contributed by atoms with Crippen molar-refractivity contribution in [3.8, 4) is 68.3 Å². The predicted octanol–water partition coefficient (Wildman–Crippen LogP) is 10.9. The van der Waals surface area contributed by atoms with E-state index in [1.54, 1.807) is 0 Å². The Morgan fingerprint density at radius 1 is 0.294 bits per heavy atom. The van der Waals surface area contributed by atoms with Gasteiger partial charge in [0.15, 0.2) is 22.6 Å². The lowest BCUT2D eigenvalue weighted by Gasteiger charge is -2.10. The molecular formula is C43H25N5O3. The van der Waals surface area contributed by atoms with Crippen LogP contribution in [0.25, 0.3) is 102 Å².